The Kier molecular flexibility index (Phi) is 11.7. The van der Waals surface area contributed by atoms with Crippen LogP contribution in [-0.2, 0) is 27.3 Å². The Hall–Kier alpha value is -3.20. The zero-order chi connectivity index (χ0) is 35.5. The molecule has 2 atom stereocenters. The molecule has 2 N–H and O–H groups in total. The maximum absolute atomic E-state index is 14.4. The second-order valence-corrected chi connectivity index (χ2v) is 15.7. The Labute approximate surface area is 310 Å². The van der Waals surface area contributed by atoms with Gasteiger partial charge in [-0.25, -0.2) is 9.59 Å². The van der Waals surface area contributed by atoms with Gasteiger partial charge in [0.05, 0.1) is 12.5 Å². The number of anilines is 1. The van der Waals surface area contributed by atoms with E-state index in [-0.39, 0.29) is 42.9 Å². The number of benzene rings is 2. The lowest BCUT2D eigenvalue weighted by molar-refractivity contribution is -0.152. The molecule has 4 aliphatic heterocycles. The number of para-hydroxylation sites is 1. The molecular weight excluding hydrogens is 772 g/mol. The van der Waals surface area contributed by atoms with Gasteiger partial charge in [0.2, 0.25) is 11.8 Å². The summed E-state index contributed by atoms with van der Waals surface area (Å²) in [4.78, 5) is 62.7. The third-order valence-corrected chi connectivity index (χ3v) is 12.4. The molecule has 0 aliphatic carbocycles. The molecule has 14 heteroatoms. The van der Waals surface area contributed by atoms with Crippen molar-refractivity contribution in [1.29, 1.82) is 0 Å². The average molecular weight is 819 g/mol. The fraction of sp³-hybridized carbons (Fsp3) is 0.556. The summed E-state index contributed by atoms with van der Waals surface area (Å²) in [6, 6.07) is 11.9. The van der Waals surface area contributed by atoms with Crippen LogP contribution >= 0.6 is 31.9 Å². The maximum atomic E-state index is 14.4. The predicted molar refractivity (Wildman–Crippen MR) is 196 cm³/mol. The molecule has 2 aromatic carbocycles. The van der Waals surface area contributed by atoms with Gasteiger partial charge in [-0.2, -0.15) is 0 Å². The molecule has 0 spiro atoms. The number of nitrogens with one attached hydrogen (secondary N) is 1. The van der Waals surface area contributed by atoms with Crippen molar-refractivity contribution < 1.29 is 29.0 Å². The van der Waals surface area contributed by atoms with Crippen LogP contribution in [0.5, 0.6) is 0 Å². The fourth-order valence-electron chi connectivity index (χ4n) is 7.82. The number of carbonyl (C=O) groups is 4. The molecule has 4 heterocycles. The highest BCUT2D eigenvalue weighted by atomic mass is 79.9. The van der Waals surface area contributed by atoms with Crippen molar-refractivity contribution in [1.82, 2.24) is 24.5 Å². The minimum absolute atomic E-state index is 0.0131. The molecule has 2 unspecified atom stereocenters. The van der Waals surface area contributed by atoms with Gasteiger partial charge in [-0.1, -0.05) is 50.1 Å². The molecule has 12 nitrogen and oxygen atoms in total. The zero-order valence-corrected chi connectivity index (χ0v) is 31.8. The maximum Gasteiger partial charge on any atom is 0.507 e. The van der Waals surface area contributed by atoms with Gasteiger partial charge >= 0.3 is 12.2 Å². The van der Waals surface area contributed by atoms with Gasteiger partial charge in [-0.15, -0.1) is 0 Å². The number of nitrogens with zero attached hydrogens (tertiary/aromatic N) is 5. The Morgan fingerprint density at radius 1 is 0.940 bits per heavy atom. The normalized spacial score (nSPS) is 21.8. The SMILES string of the molecule is Cc1c(Br)cc(CC(CC(=O)N2CCC(N3Cc4ccccc4NC3=O)CC2)C(=O)N2CCN(C3CCN(C)CC3)C(OC(=O)O)C2)cc1Br. The summed E-state index contributed by atoms with van der Waals surface area (Å²) in [5.74, 6) is -0.915. The Morgan fingerprint density at radius 2 is 1.60 bits per heavy atom. The first-order chi connectivity index (χ1) is 24.0. The number of piperazine rings is 1. The highest BCUT2D eigenvalue weighted by molar-refractivity contribution is 9.11. The number of amides is 4. The first-order valence-corrected chi connectivity index (χ1v) is 19.1. The average Bonchev–Trinajstić information content (AvgIpc) is 3.10. The van der Waals surface area contributed by atoms with Gasteiger partial charge in [0, 0.05) is 65.9 Å². The number of urea groups is 1. The number of hydrogen-bond acceptors (Lipinski definition) is 7. The molecule has 0 aromatic heterocycles. The quantitative estimate of drug-likeness (QED) is 0.341. The molecular formula is C36H46Br2N6O6. The highest BCUT2D eigenvalue weighted by Gasteiger charge is 2.40. The molecule has 0 radical (unpaired) electrons. The first-order valence-electron chi connectivity index (χ1n) is 17.5. The zero-order valence-electron chi connectivity index (χ0n) is 28.7. The van der Waals surface area contributed by atoms with Gasteiger partial charge < -0.3 is 34.8 Å². The summed E-state index contributed by atoms with van der Waals surface area (Å²) in [6.45, 7) is 6.44. The van der Waals surface area contributed by atoms with Crippen molar-refractivity contribution in [3.05, 3.63) is 62.0 Å². The van der Waals surface area contributed by atoms with E-state index in [1.54, 1.807) is 4.90 Å². The van der Waals surface area contributed by atoms with Crippen molar-refractivity contribution in [3.63, 3.8) is 0 Å². The largest absolute Gasteiger partial charge is 0.507 e. The molecule has 0 saturated carbocycles. The Balaban J connectivity index is 1.14. The van der Waals surface area contributed by atoms with E-state index in [1.165, 1.54) is 0 Å². The lowest BCUT2D eigenvalue weighted by Gasteiger charge is -2.46. The van der Waals surface area contributed by atoms with E-state index < -0.39 is 18.3 Å². The summed E-state index contributed by atoms with van der Waals surface area (Å²) in [5.41, 5.74) is 3.87. The smallest absolute Gasteiger partial charge is 0.450 e. The van der Waals surface area contributed by atoms with E-state index in [0.29, 0.717) is 52.0 Å². The van der Waals surface area contributed by atoms with Gasteiger partial charge in [-0.3, -0.25) is 14.5 Å². The molecule has 50 heavy (non-hydrogen) atoms. The van der Waals surface area contributed by atoms with Gasteiger partial charge in [0.25, 0.3) is 0 Å². The minimum Gasteiger partial charge on any atom is -0.450 e. The van der Waals surface area contributed by atoms with Crippen molar-refractivity contribution in [2.75, 3.05) is 58.2 Å². The molecule has 0 bridgehead atoms. The number of fused-ring (bicyclic) bond motifs is 1. The summed E-state index contributed by atoms with van der Waals surface area (Å²) >= 11 is 7.26. The van der Waals surface area contributed by atoms with Crippen molar-refractivity contribution >= 4 is 61.5 Å². The number of hydrogen-bond donors (Lipinski definition) is 2. The predicted octanol–water partition coefficient (Wildman–Crippen LogP) is 5.37. The Morgan fingerprint density at radius 3 is 2.28 bits per heavy atom. The van der Waals surface area contributed by atoms with Crippen LogP contribution in [0, 0.1) is 12.8 Å². The number of carboxylic acid groups (broad SMARTS) is 1. The second kappa shape index (κ2) is 16.0. The van der Waals surface area contributed by atoms with E-state index in [4.69, 9.17) is 4.74 Å². The van der Waals surface area contributed by atoms with Crippen LogP contribution in [-0.4, -0.2) is 125 Å². The molecule has 3 fully saturated rings. The van der Waals surface area contributed by atoms with Crippen LogP contribution in [0.1, 0.15) is 48.8 Å². The van der Waals surface area contributed by atoms with E-state index >= 15 is 0 Å². The summed E-state index contributed by atoms with van der Waals surface area (Å²) in [5, 5.41) is 12.6. The van der Waals surface area contributed by atoms with Crippen LogP contribution in [0.25, 0.3) is 0 Å². The molecule has 270 valence electrons. The van der Waals surface area contributed by atoms with E-state index in [0.717, 1.165) is 57.3 Å². The summed E-state index contributed by atoms with van der Waals surface area (Å²) in [7, 11) is 2.08. The van der Waals surface area contributed by atoms with Gasteiger partial charge in [0.1, 0.15) is 0 Å². The molecule has 3 saturated heterocycles. The number of halogens is 2. The third-order valence-electron chi connectivity index (χ3n) is 10.8. The number of piperidine rings is 2. The topological polar surface area (TPSA) is 126 Å². The number of likely N-dealkylation sites (tertiary alicyclic amines) is 2. The minimum atomic E-state index is -1.36. The third kappa shape index (κ3) is 8.46. The van der Waals surface area contributed by atoms with Crippen molar-refractivity contribution in [2.45, 2.75) is 70.3 Å². The van der Waals surface area contributed by atoms with Crippen LogP contribution in [0.3, 0.4) is 0 Å². The van der Waals surface area contributed by atoms with Crippen molar-refractivity contribution in [2.24, 2.45) is 5.92 Å². The fourth-order valence-corrected chi connectivity index (χ4v) is 9.10. The number of rotatable bonds is 8. The van der Waals surface area contributed by atoms with Crippen LogP contribution in [0.4, 0.5) is 15.3 Å². The Bertz CT molecular complexity index is 1570. The molecule has 6 rings (SSSR count). The van der Waals surface area contributed by atoms with Crippen LogP contribution < -0.4 is 5.32 Å². The highest BCUT2D eigenvalue weighted by Crippen LogP contribution is 2.31. The number of ether oxygens (including phenoxy) is 1. The number of carbonyl (C=O) groups excluding carboxylic acids is 3. The van der Waals surface area contributed by atoms with Crippen molar-refractivity contribution in [3.8, 4) is 0 Å². The van der Waals surface area contributed by atoms with Crippen LogP contribution in [0.2, 0.25) is 0 Å². The lowest BCUT2D eigenvalue weighted by Crippen LogP contribution is -2.61. The van der Waals surface area contributed by atoms with Gasteiger partial charge in [-0.05, 0) is 94.1 Å². The first kappa shape index (κ1) is 36.6. The summed E-state index contributed by atoms with van der Waals surface area (Å²) < 4.78 is 7.20. The lowest BCUT2D eigenvalue weighted by atomic mass is 9.92. The molecule has 4 aliphatic rings. The van der Waals surface area contributed by atoms with Gasteiger partial charge in [0.15, 0.2) is 6.23 Å². The molecule has 2 aromatic rings. The van der Waals surface area contributed by atoms with E-state index in [2.05, 4.69) is 54.0 Å². The van der Waals surface area contributed by atoms with E-state index in [9.17, 15) is 24.3 Å². The second-order valence-electron chi connectivity index (χ2n) is 14.0. The standard InChI is InChI=1S/C36H46Br2N6O6/c1-23-29(37)18-24(19-30(23)38)17-26(34(46)42-15-16-43(33(22-42)50-36(48)49)27-7-11-40(2)12-8-27)20-32(45)41-13-9-28(10-14-41)44-21-25-5-3-4-6-31(25)39-35(44)47/h3-6,18-19,26-28,33H,7-17,20-22H2,1-2H3,(H,39,47)(H,48,49). The monoisotopic (exact) mass is 816 g/mol. The molecule has 4 amide bonds. The summed E-state index contributed by atoms with van der Waals surface area (Å²) in [6.07, 6.45) is 1.38. The van der Waals surface area contributed by atoms with Crippen LogP contribution in [0.15, 0.2) is 45.3 Å². The van der Waals surface area contributed by atoms with E-state index in [1.807, 2.05) is 53.1 Å².